The Morgan fingerprint density at radius 3 is 2.84 bits per heavy atom. The van der Waals surface area contributed by atoms with E-state index < -0.39 is 0 Å². The predicted octanol–water partition coefficient (Wildman–Crippen LogP) is 1.21. The molecule has 0 spiro atoms. The Labute approximate surface area is 113 Å². The number of anilines is 1. The average molecular weight is 260 g/mol. The molecule has 2 heterocycles. The summed E-state index contributed by atoms with van der Waals surface area (Å²) in [4.78, 5) is 13.5. The Morgan fingerprint density at radius 2 is 2.21 bits per heavy atom. The lowest BCUT2D eigenvalue weighted by atomic mass is 9.74. The fourth-order valence-electron chi connectivity index (χ4n) is 3.04. The Balaban J connectivity index is 1.90. The van der Waals surface area contributed by atoms with Crippen LogP contribution in [0.3, 0.4) is 0 Å². The van der Waals surface area contributed by atoms with Crippen molar-refractivity contribution < 1.29 is 9.53 Å². The maximum absolute atomic E-state index is 11.7. The molecule has 1 aromatic carbocycles. The lowest BCUT2D eigenvalue weighted by Gasteiger charge is -2.42. The van der Waals surface area contributed by atoms with E-state index in [1.165, 1.54) is 5.56 Å². The van der Waals surface area contributed by atoms with Crippen molar-refractivity contribution in [1.29, 1.82) is 0 Å². The number of carbonyl (C=O) groups excluding carboxylic acids is 1. The zero-order valence-corrected chi connectivity index (χ0v) is 11.3. The highest BCUT2D eigenvalue weighted by Crippen LogP contribution is 2.39. The van der Waals surface area contributed by atoms with E-state index in [-0.39, 0.29) is 11.3 Å². The van der Waals surface area contributed by atoms with Crippen LogP contribution in [0.2, 0.25) is 0 Å². The summed E-state index contributed by atoms with van der Waals surface area (Å²) in [5, 5.41) is 0. The van der Waals surface area contributed by atoms with Crippen molar-refractivity contribution in [3.8, 4) is 0 Å². The first-order valence-electron chi connectivity index (χ1n) is 6.84. The molecule has 102 valence electrons. The van der Waals surface area contributed by atoms with Gasteiger partial charge in [0.1, 0.15) is 0 Å². The van der Waals surface area contributed by atoms with Crippen LogP contribution in [-0.4, -0.2) is 32.7 Å². The van der Waals surface area contributed by atoms with Crippen LogP contribution in [0.1, 0.15) is 24.0 Å². The molecule has 4 heteroatoms. The van der Waals surface area contributed by atoms with Gasteiger partial charge < -0.3 is 15.4 Å². The molecule has 0 aromatic heterocycles. The molecular weight excluding hydrogens is 240 g/mol. The number of benzene rings is 1. The first-order chi connectivity index (χ1) is 9.16. The number of likely N-dealkylation sites (N-methyl/N-ethyl adjacent to an activating group) is 1. The fourth-order valence-corrected chi connectivity index (χ4v) is 3.04. The van der Waals surface area contributed by atoms with E-state index in [4.69, 9.17) is 10.5 Å². The lowest BCUT2D eigenvalue weighted by Crippen LogP contribution is -2.47. The van der Waals surface area contributed by atoms with E-state index in [2.05, 4.69) is 18.2 Å². The third-order valence-electron chi connectivity index (χ3n) is 4.39. The average Bonchev–Trinajstić information content (AvgIpc) is 2.64. The number of nitrogens with zero attached hydrogens (tertiary/aromatic N) is 1. The number of hydrogen-bond acceptors (Lipinski definition) is 3. The third kappa shape index (κ3) is 1.95. The number of ether oxygens (including phenoxy) is 1. The molecule has 1 amide bonds. The molecule has 3 rings (SSSR count). The minimum absolute atomic E-state index is 0.124. The number of hydrogen-bond donors (Lipinski definition) is 1. The van der Waals surface area contributed by atoms with Gasteiger partial charge in [-0.15, -0.1) is 0 Å². The van der Waals surface area contributed by atoms with Crippen LogP contribution in [0.5, 0.6) is 0 Å². The maximum Gasteiger partial charge on any atom is 0.231 e. The molecule has 0 unspecified atom stereocenters. The van der Waals surface area contributed by atoms with Gasteiger partial charge in [-0.25, -0.2) is 0 Å². The molecular formula is C15H20N2O2. The van der Waals surface area contributed by atoms with Gasteiger partial charge in [0.25, 0.3) is 0 Å². The van der Waals surface area contributed by atoms with Crippen molar-refractivity contribution in [2.75, 3.05) is 31.7 Å². The van der Waals surface area contributed by atoms with Gasteiger partial charge >= 0.3 is 0 Å². The Bertz CT molecular complexity index is 509. The maximum atomic E-state index is 11.7. The highest BCUT2D eigenvalue weighted by atomic mass is 16.5. The summed E-state index contributed by atoms with van der Waals surface area (Å²) in [6, 6.07) is 6.40. The van der Waals surface area contributed by atoms with E-state index in [9.17, 15) is 4.79 Å². The second kappa shape index (κ2) is 4.62. The normalized spacial score (nSPS) is 20.3. The lowest BCUT2D eigenvalue weighted by molar-refractivity contribution is -0.117. The molecule has 0 radical (unpaired) electrons. The van der Waals surface area contributed by atoms with Gasteiger partial charge in [0.15, 0.2) is 0 Å². The van der Waals surface area contributed by atoms with Crippen molar-refractivity contribution in [3.05, 3.63) is 29.3 Å². The minimum atomic E-state index is 0.124. The number of nitrogens with two attached hydrogens (primary N) is 1. The standard InChI is InChI=1S/C15H20N2O2/c1-17-13-4-3-12(7-11(13)8-14(17)18)15(5-2-6-16)9-19-10-15/h3-4,7H,2,5-6,8-10,16H2,1H3. The summed E-state index contributed by atoms with van der Waals surface area (Å²) in [7, 11) is 1.84. The van der Waals surface area contributed by atoms with Crippen LogP contribution < -0.4 is 10.6 Å². The van der Waals surface area contributed by atoms with Crippen LogP contribution in [0.25, 0.3) is 0 Å². The summed E-state index contributed by atoms with van der Waals surface area (Å²) in [5.41, 5.74) is 9.24. The molecule has 19 heavy (non-hydrogen) atoms. The largest absolute Gasteiger partial charge is 0.379 e. The molecule has 2 aliphatic rings. The fraction of sp³-hybridized carbons (Fsp3) is 0.533. The molecule has 0 atom stereocenters. The number of amides is 1. The molecule has 1 fully saturated rings. The molecule has 1 saturated heterocycles. The highest BCUT2D eigenvalue weighted by molar-refractivity contribution is 6.00. The van der Waals surface area contributed by atoms with E-state index >= 15 is 0 Å². The van der Waals surface area contributed by atoms with Gasteiger partial charge in [-0.2, -0.15) is 0 Å². The third-order valence-corrected chi connectivity index (χ3v) is 4.39. The summed E-state index contributed by atoms with van der Waals surface area (Å²) in [6.45, 7) is 2.26. The molecule has 0 saturated carbocycles. The van der Waals surface area contributed by atoms with Crippen molar-refractivity contribution in [1.82, 2.24) is 0 Å². The van der Waals surface area contributed by atoms with Crippen LogP contribution >= 0.6 is 0 Å². The predicted molar refractivity (Wildman–Crippen MR) is 74.3 cm³/mol. The van der Waals surface area contributed by atoms with Crippen LogP contribution in [0, 0.1) is 0 Å². The number of carbonyl (C=O) groups is 1. The number of fused-ring (bicyclic) bond motifs is 1. The summed E-state index contributed by atoms with van der Waals surface area (Å²) in [5.74, 6) is 0.174. The van der Waals surface area contributed by atoms with Crippen molar-refractivity contribution in [2.24, 2.45) is 5.73 Å². The van der Waals surface area contributed by atoms with Gasteiger partial charge in [-0.05, 0) is 36.6 Å². The molecule has 2 aliphatic heterocycles. The van der Waals surface area contributed by atoms with E-state index in [1.807, 2.05) is 7.05 Å². The smallest absolute Gasteiger partial charge is 0.231 e. The summed E-state index contributed by atoms with van der Waals surface area (Å²) >= 11 is 0. The van der Waals surface area contributed by atoms with E-state index in [0.717, 1.165) is 37.3 Å². The molecule has 1 aromatic rings. The van der Waals surface area contributed by atoms with Gasteiger partial charge in [-0.1, -0.05) is 12.1 Å². The summed E-state index contributed by atoms with van der Waals surface area (Å²) in [6.07, 6.45) is 2.60. The highest BCUT2D eigenvalue weighted by Gasteiger charge is 2.40. The zero-order chi connectivity index (χ0) is 13.5. The van der Waals surface area contributed by atoms with E-state index in [0.29, 0.717) is 13.0 Å². The van der Waals surface area contributed by atoms with Crippen molar-refractivity contribution >= 4 is 11.6 Å². The van der Waals surface area contributed by atoms with Crippen LogP contribution in [0.15, 0.2) is 18.2 Å². The van der Waals surface area contributed by atoms with E-state index in [1.54, 1.807) is 4.90 Å². The Kier molecular flexibility index (Phi) is 3.07. The second-order valence-electron chi connectivity index (χ2n) is 5.64. The molecule has 0 bridgehead atoms. The molecule has 4 nitrogen and oxygen atoms in total. The Hall–Kier alpha value is -1.39. The molecule has 0 aliphatic carbocycles. The van der Waals surface area contributed by atoms with Crippen molar-refractivity contribution in [3.63, 3.8) is 0 Å². The van der Waals surface area contributed by atoms with Gasteiger partial charge in [0, 0.05) is 18.2 Å². The first kappa shape index (κ1) is 12.6. The quantitative estimate of drug-likeness (QED) is 0.885. The summed E-state index contributed by atoms with van der Waals surface area (Å²) < 4.78 is 5.43. The number of rotatable bonds is 4. The minimum Gasteiger partial charge on any atom is -0.379 e. The second-order valence-corrected chi connectivity index (χ2v) is 5.64. The van der Waals surface area contributed by atoms with Gasteiger partial charge in [-0.3, -0.25) is 4.79 Å². The SMILES string of the molecule is CN1C(=O)Cc2cc(C3(CCCN)COC3)ccc21. The Morgan fingerprint density at radius 1 is 1.42 bits per heavy atom. The van der Waals surface area contributed by atoms with Crippen LogP contribution in [-0.2, 0) is 21.4 Å². The van der Waals surface area contributed by atoms with Gasteiger partial charge in [0.2, 0.25) is 5.91 Å². The monoisotopic (exact) mass is 260 g/mol. The zero-order valence-electron chi connectivity index (χ0n) is 11.3. The van der Waals surface area contributed by atoms with Crippen LogP contribution in [0.4, 0.5) is 5.69 Å². The van der Waals surface area contributed by atoms with Crippen molar-refractivity contribution in [2.45, 2.75) is 24.7 Å². The molecule has 2 N–H and O–H groups in total. The topological polar surface area (TPSA) is 55.6 Å². The first-order valence-corrected chi connectivity index (χ1v) is 6.84. The van der Waals surface area contributed by atoms with Gasteiger partial charge in [0.05, 0.1) is 19.6 Å².